The molecule has 0 fully saturated rings. The van der Waals surface area contributed by atoms with Crippen molar-refractivity contribution in [2.75, 3.05) is 5.32 Å². The van der Waals surface area contributed by atoms with Crippen molar-refractivity contribution < 1.29 is 9.32 Å². The zero-order valence-corrected chi connectivity index (χ0v) is 10.2. The van der Waals surface area contributed by atoms with Gasteiger partial charge in [0.1, 0.15) is 0 Å². The molecule has 1 heterocycles. The van der Waals surface area contributed by atoms with Gasteiger partial charge in [-0.1, -0.05) is 22.8 Å². The SMILES string of the molecule is Cc1ccc(NC(=O)c2cc(C)no2)c(Cl)c1. The van der Waals surface area contributed by atoms with Crippen LogP contribution in [0.25, 0.3) is 0 Å². The fraction of sp³-hybridized carbons (Fsp3) is 0.167. The molecule has 1 amide bonds. The fourth-order valence-electron chi connectivity index (χ4n) is 1.38. The van der Waals surface area contributed by atoms with E-state index in [0.717, 1.165) is 5.56 Å². The maximum absolute atomic E-state index is 11.8. The van der Waals surface area contributed by atoms with Crippen LogP contribution in [-0.4, -0.2) is 11.1 Å². The lowest BCUT2D eigenvalue weighted by atomic mass is 10.2. The van der Waals surface area contributed by atoms with Crippen LogP contribution in [0.1, 0.15) is 21.8 Å². The number of nitrogens with one attached hydrogen (secondary N) is 1. The van der Waals surface area contributed by atoms with E-state index in [9.17, 15) is 4.79 Å². The topological polar surface area (TPSA) is 55.1 Å². The first-order valence-corrected chi connectivity index (χ1v) is 5.45. The number of halogens is 1. The molecule has 0 aliphatic carbocycles. The van der Waals surface area contributed by atoms with Crippen LogP contribution in [0, 0.1) is 13.8 Å². The van der Waals surface area contributed by atoms with Gasteiger partial charge in [0.15, 0.2) is 0 Å². The molecule has 0 unspecified atom stereocenters. The van der Waals surface area contributed by atoms with Crippen molar-refractivity contribution in [2.24, 2.45) is 0 Å². The van der Waals surface area contributed by atoms with E-state index in [-0.39, 0.29) is 11.7 Å². The van der Waals surface area contributed by atoms with E-state index in [4.69, 9.17) is 16.1 Å². The summed E-state index contributed by atoms with van der Waals surface area (Å²) in [6.07, 6.45) is 0. The van der Waals surface area contributed by atoms with E-state index in [2.05, 4.69) is 10.5 Å². The Morgan fingerprint density at radius 2 is 2.12 bits per heavy atom. The minimum absolute atomic E-state index is 0.166. The van der Waals surface area contributed by atoms with Gasteiger partial charge in [-0.25, -0.2) is 0 Å². The maximum atomic E-state index is 11.8. The molecule has 4 nitrogen and oxygen atoms in total. The molecule has 0 saturated heterocycles. The maximum Gasteiger partial charge on any atom is 0.294 e. The van der Waals surface area contributed by atoms with Gasteiger partial charge >= 0.3 is 0 Å². The van der Waals surface area contributed by atoms with Crippen molar-refractivity contribution in [2.45, 2.75) is 13.8 Å². The standard InChI is InChI=1S/C12H11ClN2O2/c1-7-3-4-10(9(13)5-7)14-12(16)11-6-8(2)15-17-11/h3-6H,1-2H3,(H,14,16). The minimum atomic E-state index is -0.364. The van der Waals surface area contributed by atoms with Crippen molar-refractivity contribution in [1.29, 1.82) is 0 Å². The molecule has 2 rings (SSSR count). The molecule has 1 N–H and O–H groups in total. The lowest BCUT2D eigenvalue weighted by Crippen LogP contribution is -2.11. The number of anilines is 1. The van der Waals surface area contributed by atoms with Gasteiger partial charge in [-0.15, -0.1) is 0 Å². The highest BCUT2D eigenvalue weighted by molar-refractivity contribution is 6.34. The molecule has 0 aliphatic rings. The average Bonchev–Trinajstić information content (AvgIpc) is 2.69. The zero-order valence-electron chi connectivity index (χ0n) is 9.45. The van der Waals surface area contributed by atoms with E-state index in [0.29, 0.717) is 16.4 Å². The summed E-state index contributed by atoms with van der Waals surface area (Å²) < 4.78 is 4.86. The van der Waals surface area contributed by atoms with Crippen LogP contribution in [0.3, 0.4) is 0 Å². The molecule has 0 spiro atoms. The Morgan fingerprint density at radius 1 is 1.35 bits per heavy atom. The number of nitrogens with zero attached hydrogens (tertiary/aromatic N) is 1. The normalized spacial score (nSPS) is 10.3. The first-order chi connectivity index (χ1) is 8.06. The highest BCUT2D eigenvalue weighted by Gasteiger charge is 2.13. The average molecular weight is 251 g/mol. The Hall–Kier alpha value is -1.81. The van der Waals surface area contributed by atoms with E-state index >= 15 is 0 Å². The molecule has 88 valence electrons. The summed E-state index contributed by atoms with van der Waals surface area (Å²) in [5.41, 5.74) is 2.24. The van der Waals surface area contributed by atoms with Crippen molar-refractivity contribution in [3.63, 3.8) is 0 Å². The second kappa shape index (κ2) is 4.59. The molecule has 1 aromatic carbocycles. The zero-order chi connectivity index (χ0) is 12.4. The van der Waals surface area contributed by atoms with Gasteiger partial charge in [0.05, 0.1) is 16.4 Å². The van der Waals surface area contributed by atoms with Crippen molar-refractivity contribution in [3.05, 3.63) is 46.3 Å². The second-order valence-corrected chi connectivity index (χ2v) is 4.18. The molecule has 0 radical (unpaired) electrons. The monoisotopic (exact) mass is 250 g/mol. The van der Waals surface area contributed by atoms with Gasteiger partial charge in [0, 0.05) is 6.07 Å². The lowest BCUT2D eigenvalue weighted by Gasteiger charge is -2.05. The Kier molecular flexibility index (Phi) is 3.15. The highest BCUT2D eigenvalue weighted by Crippen LogP contribution is 2.23. The number of hydrogen-bond donors (Lipinski definition) is 1. The quantitative estimate of drug-likeness (QED) is 0.891. The molecule has 0 bridgehead atoms. The fourth-order valence-corrected chi connectivity index (χ4v) is 1.66. The smallest absolute Gasteiger partial charge is 0.294 e. The molecule has 17 heavy (non-hydrogen) atoms. The van der Waals surface area contributed by atoms with Crippen LogP contribution in [0.15, 0.2) is 28.8 Å². The Labute approximate surface area is 104 Å². The molecule has 2 aromatic rings. The summed E-state index contributed by atoms with van der Waals surface area (Å²) in [5, 5.41) is 6.80. The van der Waals surface area contributed by atoms with Gasteiger partial charge in [-0.2, -0.15) is 0 Å². The van der Waals surface area contributed by atoms with Crippen LogP contribution in [0.4, 0.5) is 5.69 Å². The Bertz CT molecular complexity index is 563. The van der Waals surface area contributed by atoms with E-state index in [1.54, 1.807) is 25.1 Å². The summed E-state index contributed by atoms with van der Waals surface area (Å²) >= 11 is 6.01. The van der Waals surface area contributed by atoms with Gasteiger partial charge in [0.2, 0.25) is 5.76 Å². The Balaban J connectivity index is 2.18. The largest absolute Gasteiger partial charge is 0.351 e. The van der Waals surface area contributed by atoms with E-state index in [1.165, 1.54) is 0 Å². The van der Waals surface area contributed by atoms with Crippen LogP contribution in [-0.2, 0) is 0 Å². The van der Waals surface area contributed by atoms with Gasteiger partial charge in [-0.05, 0) is 31.5 Å². The number of benzene rings is 1. The first kappa shape index (κ1) is 11.7. The second-order valence-electron chi connectivity index (χ2n) is 3.77. The van der Waals surface area contributed by atoms with Crippen molar-refractivity contribution >= 4 is 23.2 Å². The predicted molar refractivity (Wildman–Crippen MR) is 65.4 cm³/mol. The number of carbonyl (C=O) groups excluding carboxylic acids is 1. The summed E-state index contributed by atoms with van der Waals surface area (Å²) in [7, 11) is 0. The lowest BCUT2D eigenvalue weighted by molar-refractivity contribution is 0.0988. The van der Waals surface area contributed by atoms with Crippen molar-refractivity contribution in [3.8, 4) is 0 Å². The molecular formula is C12H11ClN2O2. The molecule has 1 aromatic heterocycles. The Morgan fingerprint density at radius 3 is 2.71 bits per heavy atom. The van der Waals surface area contributed by atoms with Gasteiger partial charge < -0.3 is 9.84 Å². The summed E-state index contributed by atoms with van der Waals surface area (Å²) in [6, 6.07) is 6.96. The summed E-state index contributed by atoms with van der Waals surface area (Å²) in [5.74, 6) is -0.199. The third-order valence-electron chi connectivity index (χ3n) is 2.22. The predicted octanol–water partition coefficient (Wildman–Crippen LogP) is 3.20. The summed E-state index contributed by atoms with van der Waals surface area (Å²) in [6.45, 7) is 3.68. The van der Waals surface area contributed by atoms with Crippen LogP contribution in [0.2, 0.25) is 5.02 Å². The third-order valence-corrected chi connectivity index (χ3v) is 2.54. The molecule has 0 atom stereocenters. The highest BCUT2D eigenvalue weighted by atomic mass is 35.5. The minimum Gasteiger partial charge on any atom is -0.351 e. The van der Waals surface area contributed by atoms with Crippen LogP contribution in [0.5, 0.6) is 0 Å². The molecular weight excluding hydrogens is 240 g/mol. The van der Waals surface area contributed by atoms with Gasteiger partial charge in [0.25, 0.3) is 5.91 Å². The molecule has 0 saturated carbocycles. The van der Waals surface area contributed by atoms with E-state index in [1.807, 2.05) is 13.0 Å². The van der Waals surface area contributed by atoms with Gasteiger partial charge in [-0.3, -0.25) is 4.79 Å². The third kappa shape index (κ3) is 2.65. The van der Waals surface area contributed by atoms with Crippen LogP contribution >= 0.6 is 11.6 Å². The summed E-state index contributed by atoms with van der Waals surface area (Å²) in [4.78, 5) is 11.8. The molecule has 5 heteroatoms. The number of hydrogen-bond acceptors (Lipinski definition) is 3. The van der Waals surface area contributed by atoms with E-state index < -0.39 is 0 Å². The number of carbonyl (C=O) groups is 1. The number of amides is 1. The van der Waals surface area contributed by atoms with Crippen LogP contribution < -0.4 is 5.32 Å². The number of aryl methyl sites for hydroxylation is 2. The number of aromatic nitrogens is 1. The molecule has 0 aliphatic heterocycles. The first-order valence-electron chi connectivity index (χ1n) is 5.07. The number of rotatable bonds is 2. The van der Waals surface area contributed by atoms with Crippen molar-refractivity contribution in [1.82, 2.24) is 5.16 Å².